The molecule has 0 saturated carbocycles. The van der Waals surface area contributed by atoms with Crippen molar-refractivity contribution in [3.05, 3.63) is 59.9 Å². The minimum Gasteiger partial charge on any atom is -0.506 e. The third-order valence-corrected chi connectivity index (χ3v) is 2.69. The summed E-state index contributed by atoms with van der Waals surface area (Å²) in [5, 5.41) is 13.2. The summed E-state index contributed by atoms with van der Waals surface area (Å²) >= 11 is 0. The van der Waals surface area contributed by atoms with Crippen LogP contribution in [0.4, 0.5) is 4.39 Å². The summed E-state index contributed by atoms with van der Waals surface area (Å²) < 4.78 is 18.2. The van der Waals surface area contributed by atoms with Gasteiger partial charge in [0.15, 0.2) is 5.82 Å². The highest BCUT2D eigenvalue weighted by Gasteiger charge is 2.10. The van der Waals surface area contributed by atoms with Gasteiger partial charge >= 0.3 is 0 Å². The highest BCUT2D eigenvalue weighted by atomic mass is 19.1. The fraction of sp³-hybridized carbons (Fsp3) is 0.0714. The Hall–Kier alpha value is -2.76. The fourth-order valence-electron chi connectivity index (χ4n) is 1.82. The normalized spacial score (nSPS) is 10.7. The van der Waals surface area contributed by atoms with Crippen molar-refractivity contribution in [1.29, 1.82) is 0 Å². The van der Waals surface area contributed by atoms with Crippen LogP contribution in [0.5, 0.6) is 5.75 Å². The van der Waals surface area contributed by atoms with E-state index in [1.54, 1.807) is 12.1 Å². The lowest BCUT2D eigenvalue weighted by molar-refractivity contribution is 0.423. The Labute approximate surface area is 113 Å². The van der Waals surface area contributed by atoms with Crippen molar-refractivity contribution in [2.45, 2.75) is 6.42 Å². The van der Waals surface area contributed by atoms with E-state index >= 15 is 0 Å². The van der Waals surface area contributed by atoms with Crippen molar-refractivity contribution in [3.63, 3.8) is 0 Å². The number of pyridine rings is 1. The first kappa shape index (κ1) is 12.3. The molecule has 2 heterocycles. The van der Waals surface area contributed by atoms with Crippen molar-refractivity contribution in [2.75, 3.05) is 0 Å². The second kappa shape index (κ2) is 5.08. The van der Waals surface area contributed by atoms with Crippen LogP contribution in [-0.2, 0) is 6.42 Å². The molecule has 0 amide bonds. The molecule has 1 aromatic carbocycles. The molecular weight excluding hydrogens is 261 g/mol. The average Bonchev–Trinajstić information content (AvgIpc) is 2.87. The van der Waals surface area contributed by atoms with Gasteiger partial charge in [-0.25, -0.2) is 4.39 Å². The Morgan fingerprint density at radius 2 is 2.10 bits per heavy atom. The Balaban J connectivity index is 1.84. The number of benzene rings is 1. The average molecular weight is 271 g/mol. The standard InChI is InChI=1S/C14H10FN3O2/c15-11-3-1-2-9(4-11)5-13-17-14(20-18-13)10-6-12(19)8-16-7-10/h1-4,6-8,19H,5H2. The zero-order valence-electron chi connectivity index (χ0n) is 10.3. The number of rotatable bonds is 3. The topological polar surface area (TPSA) is 72.0 Å². The predicted octanol–water partition coefficient (Wildman–Crippen LogP) is 2.57. The van der Waals surface area contributed by atoms with E-state index < -0.39 is 0 Å². The number of hydrogen-bond acceptors (Lipinski definition) is 5. The van der Waals surface area contributed by atoms with Crippen LogP contribution in [0.2, 0.25) is 0 Å². The van der Waals surface area contributed by atoms with Gasteiger partial charge in [-0.05, 0) is 23.8 Å². The molecular formula is C14H10FN3O2. The van der Waals surface area contributed by atoms with Crippen LogP contribution in [0.15, 0.2) is 47.2 Å². The monoisotopic (exact) mass is 271 g/mol. The van der Waals surface area contributed by atoms with E-state index in [1.807, 2.05) is 0 Å². The van der Waals surface area contributed by atoms with E-state index in [1.165, 1.54) is 30.6 Å². The molecule has 3 aromatic rings. The van der Waals surface area contributed by atoms with Gasteiger partial charge < -0.3 is 9.63 Å². The van der Waals surface area contributed by atoms with Crippen LogP contribution in [0.3, 0.4) is 0 Å². The van der Waals surface area contributed by atoms with E-state index in [-0.39, 0.29) is 17.5 Å². The van der Waals surface area contributed by atoms with Gasteiger partial charge in [0.1, 0.15) is 11.6 Å². The van der Waals surface area contributed by atoms with Crippen LogP contribution in [0.25, 0.3) is 11.5 Å². The van der Waals surface area contributed by atoms with E-state index in [9.17, 15) is 9.50 Å². The van der Waals surface area contributed by atoms with Gasteiger partial charge in [0.05, 0.1) is 11.8 Å². The second-order valence-electron chi connectivity index (χ2n) is 4.25. The van der Waals surface area contributed by atoms with Crippen LogP contribution >= 0.6 is 0 Å². The van der Waals surface area contributed by atoms with Crippen LogP contribution in [0.1, 0.15) is 11.4 Å². The number of hydrogen-bond donors (Lipinski definition) is 1. The summed E-state index contributed by atoms with van der Waals surface area (Å²) in [5.41, 5.74) is 1.29. The predicted molar refractivity (Wildman–Crippen MR) is 68.4 cm³/mol. The second-order valence-corrected chi connectivity index (χ2v) is 4.25. The fourth-order valence-corrected chi connectivity index (χ4v) is 1.82. The molecule has 0 unspecified atom stereocenters. The molecule has 0 aliphatic rings. The van der Waals surface area contributed by atoms with Crippen LogP contribution in [0, 0.1) is 5.82 Å². The molecule has 20 heavy (non-hydrogen) atoms. The van der Waals surface area contributed by atoms with Crippen molar-refractivity contribution in [1.82, 2.24) is 15.1 Å². The van der Waals surface area contributed by atoms with Gasteiger partial charge in [0.2, 0.25) is 0 Å². The number of halogens is 1. The first-order valence-electron chi connectivity index (χ1n) is 5.92. The van der Waals surface area contributed by atoms with E-state index in [0.717, 1.165) is 5.56 Å². The largest absolute Gasteiger partial charge is 0.506 e. The first-order valence-corrected chi connectivity index (χ1v) is 5.92. The minimum absolute atomic E-state index is 0.0207. The summed E-state index contributed by atoms with van der Waals surface area (Å²) in [7, 11) is 0. The highest BCUT2D eigenvalue weighted by molar-refractivity contribution is 5.53. The third-order valence-electron chi connectivity index (χ3n) is 2.69. The maximum Gasteiger partial charge on any atom is 0.259 e. The molecule has 2 aromatic heterocycles. The van der Waals surface area contributed by atoms with Crippen molar-refractivity contribution in [2.24, 2.45) is 0 Å². The maximum absolute atomic E-state index is 13.1. The maximum atomic E-state index is 13.1. The zero-order valence-corrected chi connectivity index (χ0v) is 10.3. The van der Waals surface area contributed by atoms with Gasteiger partial charge in [-0.3, -0.25) is 4.98 Å². The molecule has 1 N–H and O–H groups in total. The summed E-state index contributed by atoms with van der Waals surface area (Å²) in [6.45, 7) is 0. The number of nitrogens with zero attached hydrogens (tertiary/aromatic N) is 3. The highest BCUT2D eigenvalue weighted by Crippen LogP contribution is 2.20. The van der Waals surface area contributed by atoms with Gasteiger partial charge in [-0.1, -0.05) is 17.3 Å². The Bertz CT molecular complexity index is 743. The van der Waals surface area contributed by atoms with Crippen LogP contribution < -0.4 is 0 Å². The Morgan fingerprint density at radius 3 is 2.90 bits per heavy atom. The van der Waals surface area contributed by atoms with Crippen molar-refractivity contribution >= 4 is 0 Å². The molecule has 0 bridgehead atoms. The Morgan fingerprint density at radius 1 is 1.20 bits per heavy atom. The molecule has 0 radical (unpaired) electrons. The summed E-state index contributed by atoms with van der Waals surface area (Å²) in [6.07, 6.45) is 3.19. The summed E-state index contributed by atoms with van der Waals surface area (Å²) in [5.74, 6) is 0.421. The van der Waals surface area contributed by atoms with Gasteiger partial charge in [-0.15, -0.1) is 0 Å². The minimum atomic E-state index is -0.302. The van der Waals surface area contributed by atoms with Gasteiger partial charge in [0, 0.05) is 12.6 Å². The first-order chi connectivity index (χ1) is 9.70. The number of aromatic nitrogens is 3. The molecule has 0 fully saturated rings. The molecule has 100 valence electrons. The Kier molecular flexibility index (Phi) is 3.12. The lowest BCUT2D eigenvalue weighted by atomic mass is 10.1. The van der Waals surface area contributed by atoms with E-state index in [2.05, 4.69) is 15.1 Å². The smallest absolute Gasteiger partial charge is 0.259 e. The summed E-state index contributed by atoms with van der Waals surface area (Å²) in [6, 6.07) is 7.70. The third kappa shape index (κ3) is 2.64. The summed E-state index contributed by atoms with van der Waals surface area (Å²) in [4.78, 5) is 8.03. The lowest BCUT2D eigenvalue weighted by Crippen LogP contribution is -1.91. The SMILES string of the molecule is Oc1cncc(-c2nc(Cc3cccc(F)c3)no2)c1. The molecule has 3 rings (SSSR count). The molecule has 0 aliphatic heterocycles. The molecule has 0 aliphatic carbocycles. The lowest BCUT2D eigenvalue weighted by Gasteiger charge is -1.96. The van der Waals surface area contributed by atoms with Gasteiger partial charge in [-0.2, -0.15) is 4.98 Å². The quantitative estimate of drug-likeness (QED) is 0.792. The molecule has 0 atom stereocenters. The van der Waals surface area contributed by atoms with Crippen LogP contribution in [-0.4, -0.2) is 20.2 Å². The number of aromatic hydroxyl groups is 1. The van der Waals surface area contributed by atoms with Crippen molar-refractivity contribution < 1.29 is 14.0 Å². The van der Waals surface area contributed by atoms with Gasteiger partial charge in [0.25, 0.3) is 5.89 Å². The molecule has 6 heteroatoms. The zero-order chi connectivity index (χ0) is 13.9. The van der Waals surface area contributed by atoms with E-state index in [4.69, 9.17) is 4.52 Å². The molecule has 0 saturated heterocycles. The molecule has 5 nitrogen and oxygen atoms in total. The van der Waals surface area contributed by atoms with Crippen molar-refractivity contribution in [3.8, 4) is 17.2 Å². The molecule has 0 spiro atoms. The van der Waals surface area contributed by atoms with E-state index in [0.29, 0.717) is 17.8 Å².